The molecule has 1 amide bonds. The minimum absolute atomic E-state index is 0.0951. The van der Waals surface area contributed by atoms with E-state index in [2.05, 4.69) is 20.4 Å². The zero-order chi connectivity index (χ0) is 28.6. The average molecular weight is 588 g/mol. The van der Waals surface area contributed by atoms with Crippen molar-refractivity contribution < 1.29 is 22.4 Å². The zero-order valence-electron chi connectivity index (χ0n) is 22.3. The molecule has 1 saturated heterocycles. The number of benzene rings is 3. The van der Waals surface area contributed by atoms with Crippen LogP contribution in [0.4, 0.5) is 0 Å². The van der Waals surface area contributed by atoms with E-state index in [4.69, 9.17) is 9.15 Å². The molecular weight excluding hydrogens is 562 g/mol. The summed E-state index contributed by atoms with van der Waals surface area (Å²) in [5.41, 5.74) is 2.69. The Hall–Kier alpha value is -4.42. The van der Waals surface area contributed by atoms with E-state index in [1.807, 2.05) is 48.2 Å². The molecule has 1 fully saturated rings. The predicted molar refractivity (Wildman–Crippen MR) is 153 cm³/mol. The fourth-order valence-electron chi connectivity index (χ4n) is 4.61. The standard InChI is InChI=1S/C29H25N5O5S2/c1-18-30-33-29(40-18)19-11-13-22(14-12-19)38-24-16-20(9-10-21(24)17-34-15-5-8-26(34)35)27-31-32-28(39-27)23-6-3-4-7-25(23)41(2,36)37/h3-4,6-7,9-14,16H,5,8,15,17H2,1-2H3. The van der Waals surface area contributed by atoms with E-state index in [0.717, 1.165) is 33.8 Å². The Bertz CT molecular complexity index is 1850. The summed E-state index contributed by atoms with van der Waals surface area (Å²) in [5.74, 6) is 1.56. The van der Waals surface area contributed by atoms with E-state index < -0.39 is 9.84 Å². The predicted octanol–water partition coefficient (Wildman–Crippen LogP) is 5.55. The third-order valence-corrected chi connectivity index (χ3v) is 8.69. The summed E-state index contributed by atoms with van der Waals surface area (Å²) in [6, 6.07) is 19.5. The molecule has 0 aliphatic carbocycles. The molecule has 0 unspecified atom stereocenters. The highest BCUT2D eigenvalue weighted by atomic mass is 32.2. The molecule has 10 nitrogen and oxygen atoms in total. The maximum atomic E-state index is 12.3. The van der Waals surface area contributed by atoms with Gasteiger partial charge in [0.1, 0.15) is 21.5 Å². The maximum Gasteiger partial charge on any atom is 0.249 e. The lowest BCUT2D eigenvalue weighted by atomic mass is 10.1. The van der Waals surface area contributed by atoms with Gasteiger partial charge in [-0.25, -0.2) is 8.42 Å². The average Bonchev–Trinajstić information content (AvgIpc) is 3.72. The highest BCUT2D eigenvalue weighted by Crippen LogP contribution is 2.35. The van der Waals surface area contributed by atoms with Crippen molar-refractivity contribution in [2.75, 3.05) is 12.8 Å². The summed E-state index contributed by atoms with van der Waals surface area (Å²) >= 11 is 1.52. The summed E-state index contributed by atoms with van der Waals surface area (Å²) in [7, 11) is -3.51. The van der Waals surface area contributed by atoms with Crippen LogP contribution in [0.5, 0.6) is 11.5 Å². The van der Waals surface area contributed by atoms with Crippen molar-refractivity contribution in [3.63, 3.8) is 0 Å². The third-order valence-electron chi connectivity index (χ3n) is 6.64. The Morgan fingerprint density at radius 3 is 2.41 bits per heavy atom. The van der Waals surface area contributed by atoms with E-state index in [9.17, 15) is 13.2 Å². The molecule has 208 valence electrons. The summed E-state index contributed by atoms with van der Waals surface area (Å²) in [5, 5.41) is 18.3. The van der Waals surface area contributed by atoms with Crippen molar-refractivity contribution in [2.45, 2.75) is 31.2 Å². The number of hydrogen-bond donors (Lipinski definition) is 0. The van der Waals surface area contributed by atoms with Gasteiger partial charge in [-0.2, -0.15) is 0 Å². The van der Waals surface area contributed by atoms with Gasteiger partial charge in [-0.05, 0) is 61.9 Å². The zero-order valence-corrected chi connectivity index (χ0v) is 23.9. The molecule has 3 heterocycles. The van der Waals surface area contributed by atoms with Crippen LogP contribution in [0.2, 0.25) is 0 Å². The second kappa shape index (κ2) is 10.9. The van der Waals surface area contributed by atoms with E-state index in [-0.39, 0.29) is 22.6 Å². The first-order valence-corrected chi connectivity index (χ1v) is 15.6. The van der Waals surface area contributed by atoms with Gasteiger partial charge in [0.2, 0.25) is 17.7 Å². The number of rotatable bonds is 8. The molecule has 0 spiro atoms. The highest BCUT2D eigenvalue weighted by molar-refractivity contribution is 7.90. The Morgan fingerprint density at radius 2 is 1.71 bits per heavy atom. The number of amides is 1. The van der Waals surface area contributed by atoms with Crippen molar-refractivity contribution in [3.8, 4) is 45.0 Å². The monoisotopic (exact) mass is 587 g/mol. The first-order valence-electron chi connectivity index (χ1n) is 12.9. The molecule has 1 aliphatic rings. The van der Waals surface area contributed by atoms with E-state index in [1.54, 1.807) is 24.3 Å². The Balaban J connectivity index is 1.33. The Labute approximate surface area is 240 Å². The number of sulfone groups is 1. The van der Waals surface area contributed by atoms with Gasteiger partial charge in [-0.15, -0.1) is 20.4 Å². The first kappa shape index (κ1) is 26.8. The van der Waals surface area contributed by atoms with Crippen LogP contribution < -0.4 is 4.74 Å². The molecule has 1 aliphatic heterocycles. The molecule has 3 aromatic carbocycles. The van der Waals surface area contributed by atoms with Gasteiger partial charge in [0.05, 0.1) is 10.5 Å². The van der Waals surface area contributed by atoms with Gasteiger partial charge < -0.3 is 14.1 Å². The van der Waals surface area contributed by atoms with Crippen LogP contribution in [0.25, 0.3) is 33.5 Å². The second-order valence-corrected chi connectivity index (χ2v) is 12.8. The van der Waals surface area contributed by atoms with E-state index in [0.29, 0.717) is 42.1 Å². The van der Waals surface area contributed by atoms with Crippen molar-refractivity contribution in [1.82, 2.24) is 25.3 Å². The lowest BCUT2D eigenvalue weighted by Gasteiger charge is -2.19. The molecule has 0 saturated carbocycles. The van der Waals surface area contributed by atoms with Crippen molar-refractivity contribution >= 4 is 27.1 Å². The molecule has 0 N–H and O–H groups in total. The van der Waals surface area contributed by atoms with Crippen LogP contribution in [-0.2, 0) is 21.2 Å². The topological polar surface area (TPSA) is 128 Å². The normalized spacial score (nSPS) is 13.6. The quantitative estimate of drug-likeness (QED) is 0.229. The summed E-state index contributed by atoms with van der Waals surface area (Å²) < 4.78 is 36.8. The Kier molecular flexibility index (Phi) is 7.10. The van der Waals surface area contributed by atoms with Crippen LogP contribution in [0, 0.1) is 6.92 Å². The van der Waals surface area contributed by atoms with Gasteiger partial charge in [-0.1, -0.05) is 29.5 Å². The van der Waals surface area contributed by atoms with E-state index >= 15 is 0 Å². The van der Waals surface area contributed by atoms with Crippen molar-refractivity contribution in [1.29, 1.82) is 0 Å². The lowest BCUT2D eigenvalue weighted by Crippen LogP contribution is -2.24. The van der Waals surface area contributed by atoms with Gasteiger partial charge in [-0.3, -0.25) is 4.79 Å². The fraction of sp³-hybridized carbons (Fsp3) is 0.207. The summed E-state index contributed by atoms with van der Waals surface area (Å²) in [6.45, 7) is 3.02. The van der Waals surface area contributed by atoms with Crippen LogP contribution in [0.1, 0.15) is 23.4 Å². The van der Waals surface area contributed by atoms with Crippen LogP contribution in [-0.4, -0.2) is 52.4 Å². The molecular formula is C29H25N5O5S2. The lowest BCUT2D eigenvalue weighted by molar-refractivity contribution is -0.128. The SMILES string of the molecule is Cc1nnc(-c2ccc(Oc3cc(-c4nnc(-c5ccccc5S(C)(=O)=O)o4)ccc3CN3CCCC3=O)cc2)s1. The Morgan fingerprint density at radius 1 is 0.951 bits per heavy atom. The molecule has 0 radical (unpaired) electrons. The summed E-state index contributed by atoms with van der Waals surface area (Å²) in [6.07, 6.45) is 2.51. The number of aryl methyl sites for hydroxylation is 1. The van der Waals surface area contributed by atoms with Crippen molar-refractivity contribution in [2.24, 2.45) is 0 Å². The first-order chi connectivity index (χ1) is 19.7. The smallest absolute Gasteiger partial charge is 0.249 e. The van der Waals surface area contributed by atoms with E-state index in [1.165, 1.54) is 17.4 Å². The van der Waals surface area contributed by atoms with Gasteiger partial charge in [0.15, 0.2) is 9.84 Å². The fourth-order valence-corrected chi connectivity index (χ4v) is 6.19. The molecule has 5 aromatic rings. The third kappa shape index (κ3) is 5.74. The van der Waals surface area contributed by atoms with Crippen LogP contribution in [0.3, 0.4) is 0 Å². The number of ether oxygens (including phenoxy) is 1. The van der Waals surface area contributed by atoms with Crippen molar-refractivity contribution in [3.05, 3.63) is 77.3 Å². The van der Waals surface area contributed by atoms with Crippen LogP contribution >= 0.6 is 11.3 Å². The van der Waals surface area contributed by atoms with Gasteiger partial charge in [0.25, 0.3) is 0 Å². The largest absolute Gasteiger partial charge is 0.457 e. The maximum absolute atomic E-state index is 12.3. The number of hydrogen-bond acceptors (Lipinski definition) is 10. The number of likely N-dealkylation sites (tertiary alicyclic amines) is 1. The molecule has 2 aromatic heterocycles. The molecule has 0 bridgehead atoms. The number of aromatic nitrogens is 4. The van der Waals surface area contributed by atoms with Gasteiger partial charge >= 0.3 is 0 Å². The van der Waals surface area contributed by atoms with Crippen LogP contribution in [0.15, 0.2) is 76.0 Å². The molecule has 41 heavy (non-hydrogen) atoms. The molecule has 12 heteroatoms. The molecule has 0 atom stereocenters. The summed E-state index contributed by atoms with van der Waals surface area (Å²) in [4.78, 5) is 14.3. The number of carbonyl (C=O) groups is 1. The minimum atomic E-state index is -3.51. The minimum Gasteiger partial charge on any atom is -0.457 e. The van der Waals surface area contributed by atoms with Gasteiger partial charge in [0, 0.05) is 42.5 Å². The number of nitrogens with zero attached hydrogens (tertiary/aromatic N) is 5. The second-order valence-electron chi connectivity index (χ2n) is 9.67. The number of carbonyl (C=O) groups excluding carboxylic acids is 1. The molecule has 6 rings (SSSR count). The highest BCUT2D eigenvalue weighted by Gasteiger charge is 2.23.